The van der Waals surface area contributed by atoms with E-state index in [1.165, 1.54) is 0 Å². The number of methoxy groups -OCH3 is 1. The summed E-state index contributed by atoms with van der Waals surface area (Å²) in [6.07, 6.45) is 1.22. The quantitative estimate of drug-likeness (QED) is 0.872. The number of para-hydroxylation sites is 1. The summed E-state index contributed by atoms with van der Waals surface area (Å²) >= 11 is 0. The van der Waals surface area contributed by atoms with Crippen molar-refractivity contribution in [2.24, 2.45) is 0 Å². The van der Waals surface area contributed by atoms with Crippen molar-refractivity contribution >= 4 is 11.6 Å². The van der Waals surface area contributed by atoms with E-state index in [0.717, 1.165) is 23.3 Å². The molecule has 0 aromatic heterocycles. The normalized spacial score (nSPS) is 15.2. The number of amides is 1. The van der Waals surface area contributed by atoms with Gasteiger partial charge in [-0.1, -0.05) is 18.2 Å². The number of hydrogen-bond acceptors (Lipinski definition) is 4. The Labute approximate surface area is 147 Å². The molecule has 2 aromatic rings. The number of ether oxygens (including phenoxy) is 3. The van der Waals surface area contributed by atoms with Gasteiger partial charge in [-0.15, -0.1) is 0 Å². The Hall–Kier alpha value is -2.69. The van der Waals surface area contributed by atoms with Crippen LogP contribution >= 0.6 is 0 Å². The fraction of sp³-hybridized carbons (Fsp3) is 0.350. The lowest BCUT2D eigenvalue weighted by Gasteiger charge is -2.14. The second-order valence-corrected chi connectivity index (χ2v) is 6.06. The number of anilines is 1. The van der Waals surface area contributed by atoms with Gasteiger partial charge >= 0.3 is 0 Å². The third-order valence-corrected chi connectivity index (χ3v) is 4.12. The molecule has 0 saturated carbocycles. The van der Waals surface area contributed by atoms with Crippen molar-refractivity contribution in [1.29, 1.82) is 0 Å². The Balaban J connectivity index is 1.79. The van der Waals surface area contributed by atoms with Crippen LogP contribution in [0.4, 0.5) is 5.69 Å². The van der Waals surface area contributed by atoms with Crippen LogP contribution in [0.25, 0.3) is 0 Å². The highest BCUT2D eigenvalue weighted by molar-refractivity contribution is 5.94. The number of carbonyl (C=O) groups excluding carboxylic acids is 1. The van der Waals surface area contributed by atoms with Crippen LogP contribution in [0.5, 0.6) is 17.2 Å². The zero-order valence-electron chi connectivity index (χ0n) is 14.8. The van der Waals surface area contributed by atoms with Crippen molar-refractivity contribution in [2.75, 3.05) is 19.0 Å². The molecule has 0 spiro atoms. The molecule has 1 amide bonds. The van der Waals surface area contributed by atoms with E-state index in [2.05, 4.69) is 5.32 Å². The first-order valence-corrected chi connectivity index (χ1v) is 8.48. The van der Waals surface area contributed by atoms with E-state index >= 15 is 0 Å². The van der Waals surface area contributed by atoms with E-state index in [1.807, 2.05) is 50.2 Å². The fourth-order valence-electron chi connectivity index (χ4n) is 3.03. The maximum absolute atomic E-state index is 12.5. The molecule has 3 rings (SSSR count). The Bertz CT molecular complexity index is 772. The summed E-state index contributed by atoms with van der Waals surface area (Å²) in [7, 11) is 1.60. The molecule has 25 heavy (non-hydrogen) atoms. The number of nitrogens with one attached hydrogen (secondary N) is 1. The molecule has 1 aliphatic rings. The summed E-state index contributed by atoms with van der Waals surface area (Å²) in [5.41, 5.74) is 2.58. The molecule has 0 radical (unpaired) electrons. The lowest BCUT2D eigenvalue weighted by atomic mass is 10.1. The Morgan fingerprint density at radius 3 is 2.84 bits per heavy atom. The van der Waals surface area contributed by atoms with Crippen LogP contribution in [-0.2, 0) is 17.6 Å². The van der Waals surface area contributed by atoms with Crippen molar-refractivity contribution < 1.29 is 19.0 Å². The molecule has 0 aliphatic carbocycles. The monoisotopic (exact) mass is 341 g/mol. The predicted molar refractivity (Wildman–Crippen MR) is 96.7 cm³/mol. The van der Waals surface area contributed by atoms with Crippen molar-refractivity contribution in [3.05, 3.63) is 47.5 Å². The molecule has 0 bridgehead atoms. The molecule has 0 saturated heterocycles. The highest BCUT2D eigenvalue weighted by Gasteiger charge is 2.22. The van der Waals surface area contributed by atoms with Crippen molar-refractivity contribution in [2.45, 2.75) is 32.8 Å². The highest BCUT2D eigenvalue weighted by atomic mass is 16.5. The minimum Gasteiger partial charge on any atom is -0.496 e. The van der Waals surface area contributed by atoms with Gasteiger partial charge in [-0.05, 0) is 26.0 Å². The lowest BCUT2D eigenvalue weighted by molar-refractivity contribution is -0.115. The van der Waals surface area contributed by atoms with Crippen LogP contribution in [0.2, 0.25) is 0 Å². The van der Waals surface area contributed by atoms with E-state index < -0.39 is 0 Å². The zero-order valence-corrected chi connectivity index (χ0v) is 14.8. The van der Waals surface area contributed by atoms with Crippen LogP contribution in [0.1, 0.15) is 25.0 Å². The van der Waals surface area contributed by atoms with Gasteiger partial charge in [0.2, 0.25) is 5.91 Å². The van der Waals surface area contributed by atoms with E-state index in [4.69, 9.17) is 14.2 Å². The van der Waals surface area contributed by atoms with E-state index in [9.17, 15) is 4.79 Å². The average molecular weight is 341 g/mol. The van der Waals surface area contributed by atoms with Crippen LogP contribution < -0.4 is 19.5 Å². The first-order chi connectivity index (χ1) is 12.1. The summed E-state index contributed by atoms with van der Waals surface area (Å²) < 4.78 is 16.8. The van der Waals surface area contributed by atoms with E-state index in [1.54, 1.807) is 7.11 Å². The molecule has 132 valence electrons. The SMILES string of the molecule is CCOc1cc2c(cc1NC(=O)Cc1ccccc1OC)OC(C)C2. The lowest BCUT2D eigenvalue weighted by Crippen LogP contribution is -2.16. The van der Waals surface area contributed by atoms with Crippen molar-refractivity contribution in [3.63, 3.8) is 0 Å². The molecular weight excluding hydrogens is 318 g/mol. The predicted octanol–water partition coefficient (Wildman–Crippen LogP) is 3.60. The Morgan fingerprint density at radius 2 is 2.08 bits per heavy atom. The largest absolute Gasteiger partial charge is 0.496 e. The summed E-state index contributed by atoms with van der Waals surface area (Å²) in [4.78, 5) is 12.5. The standard InChI is InChI=1S/C20H23NO4/c1-4-24-19-10-15-9-13(2)25-18(15)12-16(19)21-20(22)11-14-7-5-6-8-17(14)23-3/h5-8,10,12-13H,4,9,11H2,1-3H3,(H,21,22). The van der Waals surface area contributed by atoms with E-state index in [0.29, 0.717) is 23.8 Å². The van der Waals surface area contributed by atoms with Crippen LogP contribution in [0.15, 0.2) is 36.4 Å². The maximum Gasteiger partial charge on any atom is 0.229 e. The molecule has 5 nitrogen and oxygen atoms in total. The maximum atomic E-state index is 12.5. The topological polar surface area (TPSA) is 56.8 Å². The van der Waals surface area contributed by atoms with Gasteiger partial charge in [0.25, 0.3) is 0 Å². The average Bonchev–Trinajstić information content (AvgIpc) is 2.94. The van der Waals surface area contributed by atoms with Gasteiger partial charge in [0.05, 0.1) is 25.8 Å². The molecule has 1 unspecified atom stereocenters. The first-order valence-electron chi connectivity index (χ1n) is 8.48. The molecule has 2 aromatic carbocycles. The molecule has 1 N–H and O–H groups in total. The van der Waals surface area contributed by atoms with Gasteiger partial charge in [0.15, 0.2) is 0 Å². The summed E-state index contributed by atoms with van der Waals surface area (Å²) in [6.45, 7) is 4.48. The zero-order chi connectivity index (χ0) is 17.8. The third kappa shape index (κ3) is 3.87. The Kier molecular flexibility index (Phi) is 5.12. The van der Waals surface area contributed by atoms with Gasteiger partial charge in [-0.2, -0.15) is 0 Å². The van der Waals surface area contributed by atoms with Crippen LogP contribution in [0, 0.1) is 0 Å². The highest BCUT2D eigenvalue weighted by Crippen LogP contribution is 2.38. The summed E-state index contributed by atoms with van der Waals surface area (Å²) in [5.74, 6) is 2.06. The van der Waals surface area contributed by atoms with E-state index in [-0.39, 0.29) is 18.4 Å². The summed E-state index contributed by atoms with van der Waals surface area (Å²) in [5, 5.41) is 2.94. The number of fused-ring (bicyclic) bond motifs is 1. The number of rotatable bonds is 6. The van der Waals surface area contributed by atoms with Crippen molar-refractivity contribution in [1.82, 2.24) is 0 Å². The van der Waals surface area contributed by atoms with Crippen molar-refractivity contribution in [3.8, 4) is 17.2 Å². The van der Waals surface area contributed by atoms with Gasteiger partial charge in [-0.3, -0.25) is 4.79 Å². The van der Waals surface area contributed by atoms with Crippen LogP contribution in [0.3, 0.4) is 0 Å². The second-order valence-electron chi connectivity index (χ2n) is 6.06. The fourth-order valence-corrected chi connectivity index (χ4v) is 3.03. The van der Waals surface area contributed by atoms with Gasteiger partial charge in [0, 0.05) is 23.6 Å². The minimum absolute atomic E-state index is 0.128. The smallest absolute Gasteiger partial charge is 0.229 e. The molecule has 1 aliphatic heterocycles. The number of carbonyl (C=O) groups is 1. The van der Waals surface area contributed by atoms with Gasteiger partial charge in [0.1, 0.15) is 23.4 Å². The molecule has 0 fully saturated rings. The van der Waals surface area contributed by atoms with Gasteiger partial charge in [-0.25, -0.2) is 0 Å². The molecular formula is C20H23NO4. The second kappa shape index (κ2) is 7.47. The number of benzene rings is 2. The molecule has 5 heteroatoms. The first kappa shape index (κ1) is 17.1. The molecule has 1 atom stereocenters. The summed E-state index contributed by atoms with van der Waals surface area (Å²) in [6, 6.07) is 11.3. The number of hydrogen-bond donors (Lipinski definition) is 1. The Morgan fingerprint density at radius 1 is 1.28 bits per heavy atom. The molecule has 1 heterocycles. The van der Waals surface area contributed by atoms with Crippen LogP contribution in [-0.4, -0.2) is 25.7 Å². The van der Waals surface area contributed by atoms with Gasteiger partial charge < -0.3 is 19.5 Å². The minimum atomic E-state index is -0.128. The third-order valence-electron chi connectivity index (χ3n) is 4.12.